The molecule has 0 aliphatic carbocycles. The fourth-order valence-electron chi connectivity index (χ4n) is 2.10. The second-order valence-electron chi connectivity index (χ2n) is 5.05. The van der Waals surface area contributed by atoms with Crippen molar-refractivity contribution in [2.45, 2.75) is 31.6 Å². The van der Waals surface area contributed by atoms with Crippen LogP contribution in [-0.4, -0.2) is 68.7 Å². The molecule has 1 heterocycles. The average Bonchev–Trinajstić information content (AvgIpc) is 2.35. The van der Waals surface area contributed by atoms with Gasteiger partial charge in [0.15, 0.2) is 0 Å². The maximum atomic E-state index is 5.77. The zero-order chi connectivity index (χ0) is 13.2. The lowest BCUT2D eigenvalue weighted by molar-refractivity contribution is -0.0263. The minimum atomic E-state index is 0.331. The third kappa shape index (κ3) is 7.59. The van der Waals surface area contributed by atoms with Gasteiger partial charge in [-0.25, -0.2) is 0 Å². The summed E-state index contributed by atoms with van der Waals surface area (Å²) in [5, 5.41) is 7.26. The molecule has 0 saturated carbocycles. The van der Waals surface area contributed by atoms with Crippen molar-refractivity contribution >= 4 is 12.6 Å². The number of morpholine rings is 1. The van der Waals surface area contributed by atoms with Crippen molar-refractivity contribution < 1.29 is 4.74 Å². The molecule has 2 atom stereocenters. The zero-order valence-electron chi connectivity index (χ0n) is 11.8. The van der Waals surface area contributed by atoms with Crippen molar-refractivity contribution in [3.8, 4) is 0 Å². The number of ether oxygens (including phenoxy) is 1. The van der Waals surface area contributed by atoms with E-state index < -0.39 is 0 Å². The molecule has 18 heavy (non-hydrogen) atoms. The first-order valence-electron chi connectivity index (χ1n) is 7.15. The van der Waals surface area contributed by atoms with Crippen LogP contribution in [0, 0.1) is 0 Å². The van der Waals surface area contributed by atoms with E-state index >= 15 is 0 Å². The first-order valence-corrected chi connectivity index (χ1v) is 7.67. The predicted molar refractivity (Wildman–Crippen MR) is 80.7 cm³/mol. The Morgan fingerprint density at radius 2 is 2.22 bits per heavy atom. The summed E-state index contributed by atoms with van der Waals surface area (Å²) in [4.78, 5) is 2.49. The van der Waals surface area contributed by atoms with Crippen LogP contribution in [0.4, 0.5) is 0 Å². The second kappa shape index (κ2) is 10.0. The lowest BCUT2D eigenvalue weighted by Crippen LogP contribution is -2.48. The average molecular weight is 275 g/mol. The van der Waals surface area contributed by atoms with Gasteiger partial charge in [-0.15, -0.1) is 0 Å². The van der Waals surface area contributed by atoms with Crippen molar-refractivity contribution in [1.29, 1.82) is 0 Å². The van der Waals surface area contributed by atoms with Gasteiger partial charge in [0.05, 0.1) is 12.7 Å². The second-order valence-corrected chi connectivity index (χ2v) is 5.93. The molecule has 0 aromatic carbocycles. The van der Waals surface area contributed by atoms with Crippen LogP contribution in [-0.2, 0) is 4.74 Å². The van der Waals surface area contributed by atoms with Gasteiger partial charge in [-0.1, -0.05) is 13.8 Å². The van der Waals surface area contributed by atoms with Crippen molar-refractivity contribution in [1.82, 2.24) is 15.5 Å². The summed E-state index contributed by atoms with van der Waals surface area (Å²) in [6, 6.07) is 0. The molecule has 1 aliphatic rings. The Bertz CT molecular complexity index is 205. The summed E-state index contributed by atoms with van der Waals surface area (Å²) >= 11 is 4.36. The first kappa shape index (κ1) is 16.2. The van der Waals surface area contributed by atoms with Gasteiger partial charge in [-0.05, 0) is 13.0 Å². The van der Waals surface area contributed by atoms with Crippen LogP contribution in [0.15, 0.2) is 0 Å². The molecule has 4 nitrogen and oxygen atoms in total. The van der Waals surface area contributed by atoms with Crippen LogP contribution in [0.25, 0.3) is 0 Å². The molecule has 2 N–H and O–H groups in total. The Labute approximate surface area is 117 Å². The van der Waals surface area contributed by atoms with Crippen LogP contribution in [0.1, 0.15) is 20.3 Å². The molecular formula is C13H29N3OS. The highest BCUT2D eigenvalue weighted by Crippen LogP contribution is 2.04. The van der Waals surface area contributed by atoms with Crippen molar-refractivity contribution in [3.63, 3.8) is 0 Å². The fourth-order valence-corrected chi connectivity index (χ4v) is 2.23. The Balaban J connectivity index is 2.08. The number of rotatable bonds is 9. The molecule has 0 bridgehead atoms. The van der Waals surface area contributed by atoms with Gasteiger partial charge >= 0.3 is 0 Å². The number of thiol groups is 1. The van der Waals surface area contributed by atoms with Crippen LogP contribution in [0.2, 0.25) is 0 Å². The van der Waals surface area contributed by atoms with Gasteiger partial charge in [0.2, 0.25) is 0 Å². The molecule has 0 aromatic heterocycles. The lowest BCUT2D eigenvalue weighted by atomic mass is 10.2. The van der Waals surface area contributed by atoms with E-state index in [1.165, 1.54) is 6.42 Å². The number of hydrogen-bond donors (Lipinski definition) is 3. The molecule has 1 fully saturated rings. The van der Waals surface area contributed by atoms with Crippen LogP contribution >= 0.6 is 12.6 Å². The highest BCUT2D eigenvalue weighted by Gasteiger charge is 2.19. The SMILES string of the molecule is CCCNCCN1CCO[C@@H](CNC[C@H](C)S)C1. The molecule has 0 spiro atoms. The number of nitrogens with zero attached hydrogens (tertiary/aromatic N) is 1. The highest BCUT2D eigenvalue weighted by atomic mass is 32.1. The summed E-state index contributed by atoms with van der Waals surface area (Å²) in [6.45, 7) is 12.5. The molecule has 0 aromatic rings. The van der Waals surface area contributed by atoms with E-state index in [-0.39, 0.29) is 0 Å². The van der Waals surface area contributed by atoms with Crippen molar-refractivity contribution in [2.75, 3.05) is 52.4 Å². The van der Waals surface area contributed by atoms with Gasteiger partial charge in [-0.3, -0.25) is 4.90 Å². The molecule has 0 radical (unpaired) electrons. The molecule has 0 amide bonds. The Hall–Kier alpha value is 0.190. The normalized spacial score (nSPS) is 23.2. The monoisotopic (exact) mass is 275 g/mol. The van der Waals surface area contributed by atoms with E-state index in [0.717, 1.165) is 52.4 Å². The summed E-state index contributed by atoms with van der Waals surface area (Å²) < 4.78 is 5.77. The quantitative estimate of drug-likeness (QED) is 0.425. The highest BCUT2D eigenvalue weighted by molar-refractivity contribution is 7.80. The summed E-state index contributed by atoms with van der Waals surface area (Å²) in [7, 11) is 0. The van der Waals surface area contributed by atoms with E-state index in [1.54, 1.807) is 0 Å². The zero-order valence-corrected chi connectivity index (χ0v) is 12.7. The smallest absolute Gasteiger partial charge is 0.0826 e. The molecule has 108 valence electrons. The van der Waals surface area contributed by atoms with Crippen LogP contribution in [0.3, 0.4) is 0 Å². The number of hydrogen-bond acceptors (Lipinski definition) is 5. The van der Waals surface area contributed by atoms with Gasteiger partial charge in [0.1, 0.15) is 0 Å². The molecule has 1 aliphatic heterocycles. The van der Waals surface area contributed by atoms with Gasteiger partial charge in [-0.2, -0.15) is 12.6 Å². The molecule has 0 unspecified atom stereocenters. The van der Waals surface area contributed by atoms with Crippen LogP contribution in [0.5, 0.6) is 0 Å². The summed E-state index contributed by atoms with van der Waals surface area (Å²) in [5.74, 6) is 0. The van der Waals surface area contributed by atoms with E-state index in [9.17, 15) is 0 Å². The van der Waals surface area contributed by atoms with Crippen molar-refractivity contribution in [3.05, 3.63) is 0 Å². The largest absolute Gasteiger partial charge is 0.374 e. The summed E-state index contributed by atoms with van der Waals surface area (Å²) in [6.07, 6.45) is 1.54. The Morgan fingerprint density at radius 3 is 2.94 bits per heavy atom. The molecule has 5 heteroatoms. The standard InChI is InChI=1S/C13H29N3OS/c1-3-4-14-5-6-16-7-8-17-13(11-16)10-15-9-12(2)18/h12-15,18H,3-11H2,1-2H3/t12-,13-/m0/s1. The fraction of sp³-hybridized carbons (Fsp3) is 1.00. The Morgan fingerprint density at radius 1 is 1.39 bits per heavy atom. The van der Waals surface area contributed by atoms with Crippen molar-refractivity contribution in [2.24, 2.45) is 0 Å². The molecule has 1 saturated heterocycles. The van der Waals surface area contributed by atoms with Gasteiger partial charge in [0, 0.05) is 44.5 Å². The maximum Gasteiger partial charge on any atom is 0.0826 e. The molecule has 1 rings (SSSR count). The van der Waals surface area contributed by atoms with E-state index in [2.05, 4.69) is 42.0 Å². The summed E-state index contributed by atoms with van der Waals surface area (Å²) in [5.41, 5.74) is 0. The third-order valence-electron chi connectivity index (χ3n) is 3.07. The van der Waals surface area contributed by atoms with Gasteiger partial charge in [0.25, 0.3) is 0 Å². The lowest BCUT2D eigenvalue weighted by Gasteiger charge is -2.33. The third-order valence-corrected chi connectivity index (χ3v) is 3.25. The minimum absolute atomic E-state index is 0.331. The van der Waals surface area contributed by atoms with E-state index in [1.807, 2.05) is 0 Å². The number of nitrogens with one attached hydrogen (secondary N) is 2. The van der Waals surface area contributed by atoms with E-state index in [0.29, 0.717) is 11.4 Å². The maximum absolute atomic E-state index is 5.77. The van der Waals surface area contributed by atoms with Crippen LogP contribution < -0.4 is 10.6 Å². The Kier molecular flexibility index (Phi) is 9.06. The predicted octanol–water partition coefficient (Wildman–Crippen LogP) is 0.595. The minimum Gasteiger partial charge on any atom is -0.374 e. The first-order chi connectivity index (χ1) is 8.72. The topological polar surface area (TPSA) is 36.5 Å². The van der Waals surface area contributed by atoms with E-state index in [4.69, 9.17) is 4.74 Å². The molecular weight excluding hydrogens is 246 g/mol. The van der Waals surface area contributed by atoms with Gasteiger partial charge < -0.3 is 15.4 Å².